The molecule has 0 aromatic heterocycles. The summed E-state index contributed by atoms with van der Waals surface area (Å²) >= 11 is 5.93. The van der Waals surface area contributed by atoms with Crippen LogP contribution >= 0.6 is 11.6 Å². The van der Waals surface area contributed by atoms with Crippen molar-refractivity contribution in [2.75, 3.05) is 12.4 Å². The number of nitrogens with one attached hydrogen (secondary N) is 1. The molecule has 1 unspecified atom stereocenters. The highest BCUT2D eigenvalue weighted by Gasteiger charge is 2.25. The van der Waals surface area contributed by atoms with Gasteiger partial charge in [0.1, 0.15) is 5.75 Å². The molecule has 0 fully saturated rings. The Hall–Kier alpha value is -2.37. The number of amides is 1. The molecule has 5 nitrogen and oxygen atoms in total. The first kappa shape index (κ1) is 14.6. The second-order valence-electron chi connectivity index (χ2n) is 4.80. The molecule has 6 heteroatoms. The molecule has 0 aliphatic carbocycles. The predicted molar refractivity (Wildman–Crippen MR) is 86.7 cm³/mol. The van der Waals surface area contributed by atoms with Crippen LogP contribution in [-0.2, 0) is 4.79 Å². The Balaban J connectivity index is 2.22. The number of nitrogens with two attached hydrogens (primary N) is 1. The third-order valence-corrected chi connectivity index (χ3v) is 3.66. The lowest BCUT2D eigenvalue weighted by Gasteiger charge is -2.13. The SMILES string of the molecule is COc1cccc2c1NC(=O)C(N)N=C2c1ccc(Cl)cc1. The van der Waals surface area contributed by atoms with E-state index >= 15 is 0 Å². The molecular formula is C16H14ClN3O2. The Morgan fingerprint density at radius 1 is 1.23 bits per heavy atom. The Morgan fingerprint density at radius 2 is 1.95 bits per heavy atom. The number of methoxy groups -OCH3 is 1. The van der Waals surface area contributed by atoms with Crippen molar-refractivity contribution in [3.05, 3.63) is 58.6 Å². The van der Waals surface area contributed by atoms with Crippen molar-refractivity contribution >= 4 is 28.9 Å². The quantitative estimate of drug-likeness (QED) is 0.893. The van der Waals surface area contributed by atoms with Gasteiger partial charge in [0, 0.05) is 16.1 Å². The van der Waals surface area contributed by atoms with Crippen LogP contribution < -0.4 is 15.8 Å². The number of carbonyl (C=O) groups excluding carboxylic acids is 1. The molecule has 0 saturated heterocycles. The molecule has 22 heavy (non-hydrogen) atoms. The fourth-order valence-corrected chi connectivity index (χ4v) is 2.46. The molecule has 1 heterocycles. The zero-order valence-electron chi connectivity index (χ0n) is 11.8. The summed E-state index contributed by atoms with van der Waals surface area (Å²) in [5.41, 5.74) is 8.61. The van der Waals surface area contributed by atoms with Gasteiger partial charge in [-0.1, -0.05) is 35.9 Å². The van der Waals surface area contributed by atoms with Gasteiger partial charge in [-0.05, 0) is 18.2 Å². The van der Waals surface area contributed by atoms with Gasteiger partial charge < -0.3 is 15.8 Å². The van der Waals surface area contributed by atoms with Crippen molar-refractivity contribution in [3.8, 4) is 5.75 Å². The van der Waals surface area contributed by atoms with E-state index in [1.54, 1.807) is 25.3 Å². The van der Waals surface area contributed by atoms with Crippen molar-refractivity contribution in [1.29, 1.82) is 0 Å². The molecule has 0 spiro atoms. The first-order valence-corrected chi connectivity index (χ1v) is 7.05. The van der Waals surface area contributed by atoms with Crippen molar-refractivity contribution in [1.82, 2.24) is 0 Å². The van der Waals surface area contributed by atoms with Crippen LogP contribution in [0.4, 0.5) is 5.69 Å². The Bertz CT molecular complexity index is 756. The highest BCUT2D eigenvalue weighted by molar-refractivity contribution is 6.30. The lowest BCUT2D eigenvalue weighted by atomic mass is 10.00. The molecule has 0 saturated carbocycles. The van der Waals surface area contributed by atoms with Gasteiger partial charge in [0.15, 0.2) is 6.17 Å². The maximum absolute atomic E-state index is 12.1. The summed E-state index contributed by atoms with van der Waals surface area (Å²) < 4.78 is 5.32. The van der Waals surface area contributed by atoms with Crippen molar-refractivity contribution in [2.24, 2.45) is 10.7 Å². The number of benzodiazepines with no additional fused rings is 1. The van der Waals surface area contributed by atoms with Crippen LogP contribution in [0.5, 0.6) is 5.75 Å². The topological polar surface area (TPSA) is 76.7 Å². The normalized spacial score (nSPS) is 17.1. The summed E-state index contributed by atoms with van der Waals surface area (Å²) in [5, 5.41) is 3.40. The third-order valence-electron chi connectivity index (χ3n) is 3.40. The van der Waals surface area contributed by atoms with Gasteiger partial charge in [-0.2, -0.15) is 0 Å². The molecule has 1 atom stereocenters. The Kier molecular flexibility index (Phi) is 3.83. The number of fused-ring (bicyclic) bond motifs is 1. The number of ether oxygens (including phenoxy) is 1. The summed E-state index contributed by atoms with van der Waals surface area (Å²) in [5.74, 6) is 0.177. The fourth-order valence-electron chi connectivity index (χ4n) is 2.33. The second-order valence-corrected chi connectivity index (χ2v) is 5.24. The molecule has 1 aliphatic rings. The van der Waals surface area contributed by atoms with Gasteiger partial charge in [0.25, 0.3) is 5.91 Å². The standard InChI is InChI=1S/C16H14ClN3O2/c1-22-12-4-2-3-11-13(9-5-7-10(17)8-6-9)19-15(18)16(21)20-14(11)12/h2-8,15H,18H2,1H3,(H,20,21). The van der Waals surface area contributed by atoms with Crippen LogP contribution in [0, 0.1) is 0 Å². The van der Waals surface area contributed by atoms with E-state index in [1.807, 2.05) is 24.3 Å². The smallest absolute Gasteiger partial charge is 0.263 e. The van der Waals surface area contributed by atoms with E-state index in [9.17, 15) is 4.79 Å². The number of aliphatic imine (C=N–C) groups is 1. The van der Waals surface area contributed by atoms with Crippen LogP contribution in [-0.4, -0.2) is 24.9 Å². The molecule has 1 amide bonds. The van der Waals surface area contributed by atoms with Crippen LogP contribution in [0.2, 0.25) is 5.02 Å². The van der Waals surface area contributed by atoms with E-state index in [4.69, 9.17) is 22.1 Å². The fraction of sp³-hybridized carbons (Fsp3) is 0.125. The Labute approximate surface area is 132 Å². The van der Waals surface area contributed by atoms with Gasteiger partial charge in [-0.15, -0.1) is 0 Å². The monoisotopic (exact) mass is 315 g/mol. The summed E-state index contributed by atoms with van der Waals surface area (Å²) in [4.78, 5) is 16.4. The maximum atomic E-state index is 12.1. The van der Waals surface area contributed by atoms with Crippen LogP contribution in [0.25, 0.3) is 0 Å². The van der Waals surface area contributed by atoms with Gasteiger partial charge >= 0.3 is 0 Å². The Morgan fingerprint density at radius 3 is 2.64 bits per heavy atom. The lowest BCUT2D eigenvalue weighted by molar-refractivity contribution is -0.117. The molecule has 0 bridgehead atoms. The average Bonchev–Trinajstić information content (AvgIpc) is 2.65. The summed E-state index contributed by atoms with van der Waals surface area (Å²) in [6.07, 6.45) is -0.984. The number of hydrogen-bond acceptors (Lipinski definition) is 4. The van der Waals surface area contributed by atoms with Gasteiger partial charge in [0.2, 0.25) is 0 Å². The number of carbonyl (C=O) groups is 1. The average molecular weight is 316 g/mol. The number of anilines is 1. The lowest BCUT2D eigenvalue weighted by Crippen LogP contribution is -2.33. The third kappa shape index (κ3) is 2.56. The molecule has 112 valence electrons. The maximum Gasteiger partial charge on any atom is 0.263 e. The minimum Gasteiger partial charge on any atom is -0.495 e. The van der Waals surface area contributed by atoms with Crippen molar-refractivity contribution in [3.63, 3.8) is 0 Å². The zero-order chi connectivity index (χ0) is 15.7. The predicted octanol–water partition coefficient (Wildman–Crippen LogP) is 2.42. The van der Waals surface area contributed by atoms with E-state index < -0.39 is 6.17 Å². The minimum atomic E-state index is -0.984. The van der Waals surface area contributed by atoms with E-state index in [2.05, 4.69) is 10.3 Å². The number of benzene rings is 2. The molecule has 1 aliphatic heterocycles. The summed E-state index contributed by atoms with van der Waals surface area (Å²) in [6.45, 7) is 0. The highest BCUT2D eigenvalue weighted by atomic mass is 35.5. The highest BCUT2D eigenvalue weighted by Crippen LogP contribution is 2.32. The van der Waals surface area contributed by atoms with E-state index in [0.29, 0.717) is 22.2 Å². The number of rotatable bonds is 2. The molecule has 2 aromatic rings. The first-order chi connectivity index (χ1) is 10.6. The van der Waals surface area contributed by atoms with Gasteiger partial charge in [0.05, 0.1) is 18.5 Å². The molecule has 3 N–H and O–H groups in total. The number of halogens is 1. The van der Waals surface area contributed by atoms with Crippen LogP contribution in [0.3, 0.4) is 0 Å². The molecule has 0 radical (unpaired) electrons. The number of nitrogens with zero attached hydrogens (tertiary/aromatic N) is 1. The van der Waals surface area contributed by atoms with E-state index in [1.165, 1.54) is 0 Å². The second kappa shape index (κ2) is 5.79. The van der Waals surface area contributed by atoms with Crippen molar-refractivity contribution in [2.45, 2.75) is 6.17 Å². The molecule has 2 aromatic carbocycles. The zero-order valence-corrected chi connectivity index (χ0v) is 12.6. The number of hydrogen-bond donors (Lipinski definition) is 2. The summed E-state index contributed by atoms with van der Waals surface area (Å²) in [6, 6.07) is 12.7. The van der Waals surface area contributed by atoms with Crippen LogP contribution in [0.15, 0.2) is 47.5 Å². The largest absolute Gasteiger partial charge is 0.495 e. The summed E-state index contributed by atoms with van der Waals surface area (Å²) in [7, 11) is 1.55. The number of para-hydroxylation sites is 1. The van der Waals surface area contributed by atoms with E-state index in [0.717, 1.165) is 11.1 Å². The van der Waals surface area contributed by atoms with Gasteiger partial charge in [-0.3, -0.25) is 9.79 Å². The van der Waals surface area contributed by atoms with E-state index in [-0.39, 0.29) is 5.91 Å². The minimum absolute atomic E-state index is 0.380. The van der Waals surface area contributed by atoms with Crippen LogP contribution in [0.1, 0.15) is 11.1 Å². The van der Waals surface area contributed by atoms with Crippen molar-refractivity contribution < 1.29 is 9.53 Å². The molecule has 3 rings (SSSR count). The first-order valence-electron chi connectivity index (χ1n) is 6.67. The van der Waals surface area contributed by atoms with Gasteiger partial charge in [-0.25, -0.2) is 0 Å². The molecular weight excluding hydrogens is 302 g/mol.